The van der Waals surface area contributed by atoms with Crippen molar-refractivity contribution in [2.24, 2.45) is 0 Å². The van der Waals surface area contributed by atoms with Crippen LogP contribution in [-0.2, 0) is 11.3 Å². The zero-order valence-corrected chi connectivity index (χ0v) is 14.5. The predicted octanol–water partition coefficient (Wildman–Crippen LogP) is 2.61. The Hall–Kier alpha value is -2.94. The maximum absolute atomic E-state index is 13.7. The SMILES string of the molecule is CCOC(=O)c1cnn(CC(O)CC)c1NC(=O)Nc1ccccc1F. The van der Waals surface area contributed by atoms with Gasteiger partial charge in [-0.25, -0.2) is 18.7 Å². The van der Waals surface area contributed by atoms with Crippen LogP contribution >= 0.6 is 0 Å². The van der Waals surface area contributed by atoms with Crippen molar-refractivity contribution in [2.45, 2.75) is 32.9 Å². The van der Waals surface area contributed by atoms with Crippen LogP contribution < -0.4 is 10.6 Å². The van der Waals surface area contributed by atoms with Gasteiger partial charge in [0.15, 0.2) is 0 Å². The summed E-state index contributed by atoms with van der Waals surface area (Å²) in [6.07, 6.45) is 1.01. The molecule has 0 saturated heterocycles. The van der Waals surface area contributed by atoms with E-state index in [-0.39, 0.29) is 30.2 Å². The number of halogens is 1. The summed E-state index contributed by atoms with van der Waals surface area (Å²) in [4.78, 5) is 24.3. The minimum atomic E-state index is -0.756. The molecule has 0 bridgehead atoms. The first-order valence-electron chi connectivity index (χ1n) is 8.19. The fourth-order valence-electron chi connectivity index (χ4n) is 2.17. The standard InChI is InChI=1S/C17H21FN4O4/c1-3-11(23)10-22-15(12(9-19-22)16(24)26-4-2)21-17(25)20-14-8-6-5-7-13(14)18/h5-9,11,23H,3-4,10H2,1-2H3,(H2,20,21,25). The van der Waals surface area contributed by atoms with E-state index in [1.165, 1.54) is 29.1 Å². The highest BCUT2D eigenvalue weighted by atomic mass is 19.1. The number of esters is 1. The third-order valence-corrected chi connectivity index (χ3v) is 3.54. The van der Waals surface area contributed by atoms with Crippen LogP contribution in [0.3, 0.4) is 0 Å². The van der Waals surface area contributed by atoms with Crippen LogP contribution in [0.4, 0.5) is 20.7 Å². The number of urea groups is 1. The Morgan fingerprint density at radius 1 is 1.31 bits per heavy atom. The molecule has 0 saturated carbocycles. The van der Waals surface area contributed by atoms with Crippen LogP contribution in [0, 0.1) is 5.82 Å². The molecule has 0 aliphatic rings. The number of benzene rings is 1. The lowest BCUT2D eigenvalue weighted by Gasteiger charge is -2.14. The first-order chi connectivity index (χ1) is 12.5. The summed E-state index contributed by atoms with van der Waals surface area (Å²) in [6, 6.07) is 4.93. The number of ether oxygens (including phenoxy) is 1. The van der Waals surface area contributed by atoms with Crippen LogP contribution in [0.25, 0.3) is 0 Å². The normalized spacial score (nSPS) is 11.7. The van der Waals surface area contributed by atoms with Gasteiger partial charge in [0.2, 0.25) is 0 Å². The number of para-hydroxylation sites is 1. The molecule has 0 aliphatic heterocycles. The number of anilines is 2. The molecule has 2 amide bonds. The van der Waals surface area contributed by atoms with Gasteiger partial charge in [0, 0.05) is 0 Å². The fourth-order valence-corrected chi connectivity index (χ4v) is 2.17. The van der Waals surface area contributed by atoms with E-state index in [9.17, 15) is 19.1 Å². The summed E-state index contributed by atoms with van der Waals surface area (Å²) in [5.41, 5.74) is 0.0289. The maximum atomic E-state index is 13.7. The Kier molecular flexibility index (Phi) is 6.67. The number of nitrogens with zero attached hydrogens (tertiary/aromatic N) is 2. The number of aliphatic hydroxyl groups excluding tert-OH is 1. The van der Waals surface area contributed by atoms with Crippen molar-refractivity contribution < 1.29 is 23.8 Å². The lowest BCUT2D eigenvalue weighted by atomic mass is 10.2. The van der Waals surface area contributed by atoms with Crippen molar-refractivity contribution in [3.8, 4) is 0 Å². The molecule has 0 spiro atoms. The molecule has 3 N–H and O–H groups in total. The van der Waals surface area contributed by atoms with Crippen molar-refractivity contribution in [1.29, 1.82) is 0 Å². The summed E-state index contributed by atoms with van der Waals surface area (Å²) >= 11 is 0. The Morgan fingerprint density at radius 2 is 2.04 bits per heavy atom. The Morgan fingerprint density at radius 3 is 2.69 bits per heavy atom. The topological polar surface area (TPSA) is 105 Å². The lowest BCUT2D eigenvalue weighted by Crippen LogP contribution is -2.25. The Balaban J connectivity index is 2.23. The van der Waals surface area contributed by atoms with Crippen LogP contribution in [0.5, 0.6) is 0 Å². The molecular formula is C17H21FN4O4. The van der Waals surface area contributed by atoms with E-state index in [0.29, 0.717) is 6.42 Å². The van der Waals surface area contributed by atoms with Gasteiger partial charge in [-0.2, -0.15) is 5.10 Å². The first kappa shape index (κ1) is 19.4. The number of amides is 2. The number of hydrogen-bond acceptors (Lipinski definition) is 5. The van der Waals surface area contributed by atoms with Gasteiger partial charge in [-0.15, -0.1) is 0 Å². The molecule has 0 radical (unpaired) electrons. The number of hydrogen-bond donors (Lipinski definition) is 3. The Bertz CT molecular complexity index is 778. The second kappa shape index (κ2) is 8.95. The van der Waals surface area contributed by atoms with Gasteiger partial charge in [-0.1, -0.05) is 19.1 Å². The number of carbonyl (C=O) groups is 2. The molecule has 2 rings (SSSR count). The second-order valence-corrected chi connectivity index (χ2v) is 5.43. The fraction of sp³-hybridized carbons (Fsp3) is 0.353. The van der Waals surface area contributed by atoms with Gasteiger partial charge in [-0.05, 0) is 25.5 Å². The lowest BCUT2D eigenvalue weighted by molar-refractivity contribution is 0.0527. The van der Waals surface area contributed by atoms with E-state index < -0.39 is 23.9 Å². The zero-order chi connectivity index (χ0) is 19.1. The van der Waals surface area contributed by atoms with E-state index in [1.54, 1.807) is 19.9 Å². The monoisotopic (exact) mass is 364 g/mol. The zero-order valence-electron chi connectivity index (χ0n) is 14.5. The number of carbonyl (C=O) groups excluding carboxylic acids is 2. The summed E-state index contributed by atoms with van der Waals surface area (Å²) in [6.45, 7) is 3.67. The highest BCUT2D eigenvalue weighted by molar-refractivity contribution is 6.04. The molecule has 8 nitrogen and oxygen atoms in total. The Labute approximate surface area is 150 Å². The van der Waals surface area contributed by atoms with Gasteiger partial charge in [0.05, 0.1) is 31.1 Å². The van der Waals surface area contributed by atoms with E-state index in [1.807, 2.05) is 0 Å². The molecule has 0 aliphatic carbocycles. The summed E-state index contributed by atoms with van der Waals surface area (Å²) in [5.74, 6) is -1.20. The predicted molar refractivity (Wildman–Crippen MR) is 93.5 cm³/mol. The first-order valence-corrected chi connectivity index (χ1v) is 8.19. The molecule has 1 aromatic heterocycles. The van der Waals surface area contributed by atoms with Gasteiger partial charge in [0.1, 0.15) is 17.2 Å². The molecule has 26 heavy (non-hydrogen) atoms. The van der Waals surface area contributed by atoms with Gasteiger partial charge >= 0.3 is 12.0 Å². The van der Waals surface area contributed by atoms with Crippen LogP contribution in [0.1, 0.15) is 30.6 Å². The number of aromatic nitrogens is 2. The maximum Gasteiger partial charge on any atom is 0.343 e. The highest BCUT2D eigenvalue weighted by Gasteiger charge is 2.22. The average Bonchev–Trinajstić information content (AvgIpc) is 2.99. The smallest absolute Gasteiger partial charge is 0.343 e. The van der Waals surface area contributed by atoms with Crippen molar-refractivity contribution in [3.63, 3.8) is 0 Å². The third-order valence-electron chi connectivity index (χ3n) is 3.54. The highest BCUT2D eigenvalue weighted by Crippen LogP contribution is 2.19. The number of rotatable bonds is 7. The van der Waals surface area contributed by atoms with E-state index >= 15 is 0 Å². The third kappa shape index (κ3) is 4.79. The van der Waals surface area contributed by atoms with Gasteiger partial charge in [0.25, 0.3) is 0 Å². The summed E-state index contributed by atoms with van der Waals surface area (Å²) < 4.78 is 19.9. The number of aliphatic hydroxyl groups is 1. The molecule has 0 fully saturated rings. The van der Waals surface area contributed by atoms with Crippen LogP contribution in [0.15, 0.2) is 30.5 Å². The van der Waals surface area contributed by atoms with Crippen molar-refractivity contribution >= 4 is 23.5 Å². The minimum Gasteiger partial charge on any atom is -0.462 e. The van der Waals surface area contributed by atoms with Crippen LogP contribution in [-0.4, -0.2) is 39.6 Å². The van der Waals surface area contributed by atoms with Crippen molar-refractivity contribution in [2.75, 3.05) is 17.2 Å². The molecular weight excluding hydrogens is 343 g/mol. The molecule has 2 aromatic rings. The molecule has 140 valence electrons. The molecule has 1 atom stereocenters. The molecule has 1 heterocycles. The van der Waals surface area contributed by atoms with Gasteiger partial charge < -0.3 is 15.2 Å². The molecule has 1 aromatic carbocycles. The minimum absolute atomic E-state index is 0.0117. The molecule has 1 unspecified atom stereocenters. The van der Waals surface area contributed by atoms with E-state index in [0.717, 1.165) is 0 Å². The quantitative estimate of drug-likeness (QED) is 0.655. The second-order valence-electron chi connectivity index (χ2n) is 5.43. The summed E-state index contributed by atoms with van der Waals surface area (Å²) in [5, 5.41) is 18.7. The van der Waals surface area contributed by atoms with Crippen molar-refractivity contribution in [3.05, 3.63) is 41.8 Å². The van der Waals surface area contributed by atoms with Crippen LogP contribution in [0.2, 0.25) is 0 Å². The largest absolute Gasteiger partial charge is 0.462 e. The average molecular weight is 364 g/mol. The van der Waals surface area contributed by atoms with Gasteiger partial charge in [-0.3, -0.25) is 5.32 Å². The molecule has 9 heteroatoms. The van der Waals surface area contributed by atoms with E-state index in [4.69, 9.17) is 4.74 Å². The summed E-state index contributed by atoms with van der Waals surface area (Å²) in [7, 11) is 0. The van der Waals surface area contributed by atoms with Crippen molar-refractivity contribution in [1.82, 2.24) is 9.78 Å². The number of nitrogens with one attached hydrogen (secondary N) is 2. The van der Waals surface area contributed by atoms with E-state index in [2.05, 4.69) is 15.7 Å².